The number of carbonyl (C=O) groups is 2. The summed E-state index contributed by atoms with van der Waals surface area (Å²) >= 11 is 0. The number of likely N-dealkylation sites (N-methyl/N-ethyl adjacent to an activating group) is 1. The van der Waals surface area contributed by atoms with Crippen LogP contribution >= 0.6 is 0 Å². The Morgan fingerprint density at radius 3 is 2.60 bits per heavy atom. The molecule has 1 aliphatic heterocycles. The van der Waals surface area contributed by atoms with Gasteiger partial charge in [0.1, 0.15) is 18.0 Å². The molecule has 8 nitrogen and oxygen atoms in total. The van der Waals surface area contributed by atoms with Crippen molar-refractivity contribution in [3.63, 3.8) is 0 Å². The largest absolute Gasteiger partial charge is 0.497 e. The van der Waals surface area contributed by atoms with Gasteiger partial charge in [-0.05, 0) is 30.3 Å². The van der Waals surface area contributed by atoms with Gasteiger partial charge in [0.05, 0.1) is 31.7 Å². The molecule has 0 N–H and O–H groups in total. The summed E-state index contributed by atoms with van der Waals surface area (Å²) in [5, 5.41) is 6.13. The summed E-state index contributed by atoms with van der Waals surface area (Å²) < 4.78 is 12.9. The van der Waals surface area contributed by atoms with Crippen LogP contribution in [0.2, 0.25) is 0 Å². The van der Waals surface area contributed by atoms with Crippen molar-refractivity contribution in [1.82, 2.24) is 14.5 Å². The Hall–Kier alpha value is -3.29. The van der Waals surface area contributed by atoms with Crippen molar-refractivity contribution in [3.8, 4) is 11.5 Å². The highest BCUT2D eigenvalue weighted by Gasteiger charge is 2.36. The van der Waals surface area contributed by atoms with Crippen LogP contribution in [0.5, 0.6) is 11.5 Å². The van der Waals surface area contributed by atoms with E-state index in [9.17, 15) is 9.59 Å². The highest BCUT2D eigenvalue weighted by molar-refractivity contribution is 6.02. The molecule has 2 amide bonds. The van der Waals surface area contributed by atoms with Gasteiger partial charge < -0.3 is 18.9 Å². The van der Waals surface area contributed by atoms with Gasteiger partial charge in [-0.25, -0.2) is 5.01 Å². The first kappa shape index (κ1) is 21.4. The van der Waals surface area contributed by atoms with E-state index in [1.54, 1.807) is 28.2 Å². The highest BCUT2D eigenvalue weighted by atomic mass is 16.5. The first-order valence-electron chi connectivity index (χ1n) is 9.86. The van der Waals surface area contributed by atoms with Crippen molar-refractivity contribution in [1.29, 1.82) is 0 Å². The summed E-state index contributed by atoms with van der Waals surface area (Å²) in [5.74, 6) is 0.979. The number of carbonyl (C=O) groups excluding carboxylic acids is 2. The van der Waals surface area contributed by atoms with Gasteiger partial charge in [-0.1, -0.05) is 6.92 Å². The minimum atomic E-state index is -0.363. The zero-order chi connectivity index (χ0) is 21.8. The van der Waals surface area contributed by atoms with Gasteiger partial charge in [0, 0.05) is 38.7 Å². The Labute approximate surface area is 176 Å². The number of hydrogen-bond donors (Lipinski definition) is 0. The monoisotopic (exact) mass is 412 g/mol. The maximum atomic E-state index is 13.2. The number of hydrogen-bond acceptors (Lipinski definition) is 5. The van der Waals surface area contributed by atoms with Crippen LogP contribution in [0.3, 0.4) is 0 Å². The summed E-state index contributed by atoms with van der Waals surface area (Å²) in [6, 6.07) is 9.06. The number of nitrogens with zero attached hydrogens (tertiary/aromatic N) is 4. The van der Waals surface area contributed by atoms with Crippen LogP contribution in [-0.2, 0) is 16.6 Å². The average Bonchev–Trinajstić information content (AvgIpc) is 3.38. The van der Waals surface area contributed by atoms with Crippen LogP contribution in [0.15, 0.2) is 41.6 Å². The van der Waals surface area contributed by atoms with Crippen molar-refractivity contribution < 1.29 is 19.1 Å². The Balaban J connectivity index is 2.00. The summed E-state index contributed by atoms with van der Waals surface area (Å²) in [5.41, 5.74) is 2.55. The Bertz CT molecular complexity index is 966. The van der Waals surface area contributed by atoms with Gasteiger partial charge in [0.2, 0.25) is 5.91 Å². The van der Waals surface area contributed by atoms with Crippen molar-refractivity contribution in [2.45, 2.75) is 25.8 Å². The van der Waals surface area contributed by atoms with Crippen LogP contribution < -0.4 is 9.47 Å². The molecule has 1 atom stereocenters. The Morgan fingerprint density at radius 1 is 1.23 bits per heavy atom. The molecule has 0 saturated heterocycles. The van der Waals surface area contributed by atoms with Crippen LogP contribution in [0.25, 0.3) is 0 Å². The maximum Gasteiger partial charge on any atom is 0.262 e. The van der Waals surface area contributed by atoms with E-state index in [0.29, 0.717) is 24.3 Å². The third-order valence-electron chi connectivity index (χ3n) is 5.30. The van der Waals surface area contributed by atoms with Gasteiger partial charge in [0.25, 0.3) is 5.91 Å². The predicted octanol–water partition coefficient (Wildman–Crippen LogP) is 2.59. The molecule has 0 saturated carbocycles. The summed E-state index contributed by atoms with van der Waals surface area (Å²) in [6.07, 6.45) is 2.81. The lowest BCUT2D eigenvalue weighted by molar-refractivity contribution is -0.140. The Kier molecular flexibility index (Phi) is 6.44. The normalized spacial score (nSPS) is 15.7. The fourth-order valence-corrected chi connectivity index (χ4v) is 3.63. The van der Waals surface area contributed by atoms with E-state index in [1.165, 1.54) is 9.91 Å². The maximum absolute atomic E-state index is 13.2. The zero-order valence-corrected chi connectivity index (χ0v) is 18.1. The van der Waals surface area contributed by atoms with Crippen LogP contribution in [0.1, 0.15) is 37.1 Å². The predicted molar refractivity (Wildman–Crippen MR) is 114 cm³/mol. The second-order valence-electron chi connectivity index (χ2n) is 7.22. The van der Waals surface area contributed by atoms with Crippen molar-refractivity contribution in [3.05, 3.63) is 47.8 Å². The number of hydrazone groups is 1. The minimum absolute atomic E-state index is 0.0423. The molecule has 8 heteroatoms. The topological polar surface area (TPSA) is 76.4 Å². The van der Waals surface area contributed by atoms with Gasteiger partial charge >= 0.3 is 0 Å². The van der Waals surface area contributed by atoms with Gasteiger partial charge in [-0.2, -0.15) is 5.10 Å². The van der Waals surface area contributed by atoms with Crippen LogP contribution in [0.4, 0.5) is 0 Å². The van der Waals surface area contributed by atoms with Crippen molar-refractivity contribution >= 4 is 17.5 Å². The fraction of sp³-hybridized carbons (Fsp3) is 0.409. The third kappa shape index (κ3) is 4.17. The molecule has 0 bridgehead atoms. The molecule has 30 heavy (non-hydrogen) atoms. The molecule has 1 aliphatic rings. The van der Waals surface area contributed by atoms with E-state index in [4.69, 9.17) is 9.47 Å². The lowest BCUT2D eigenvalue weighted by Gasteiger charge is -2.26. The molecular formula is C22H28N4O4. The standard InChI is InChI=1S/C22H28N4O4/c1-6-21(27)25(3)14-22(28)26-19(13-17(23-26)18-8-7-11-24(18)2)16-12-15(29-4)9-10-20(16)30-5/h7-12,19H,6,13-14H2,1-5H3/t19-/m1/s1. The quantitative estimate of drug-likeness (QED) is 0.700. The van der Waals surface area contributed by atoms with E-state index in [1.807, 2.05) is 48.1 Å². The number of benzene rings is 1. The minimum Gasteiger partial charge on any atom is -0.497 e. The summed E-state index contributed by atoms with van der Waals surface area (Å²) in [7, 11) is 6.76. The van der Waals surface area contributed by atoms with E-state index in [-0.39, 0.29) is 24.4 Å². The van der Waals surface area contributed by atoms with E-state index in [2.05, 4.69) is 5.10 Å². The number of amides is 2. The van der Waals surface area contributed by atoms with E-state index >= 15 is 0 Å². The second-order valence-corrected chi connectivity index (χ2v) is 7.22. The smallest absolute Gasteiger partial charge is 0.262 e. The highest BCUT2D eigenvalue weighted by Crippen LogP contribution is 2.39. The SMILES string of the molecule is CCC(=O)N(C)CC(=O)N1N=C(c2cccn2C)C[C@@H]1c1cc(OC)ccc1OC. The van der Waals surface area contributed by atoms with Gasteiger partial charge in [-0.3, -0.25) is 9.59 Å². The van der Waals surface area contributed by atoms with Crippen LogP contribution in [0, 0.1) is 0 Å². The van der Waals surface area contributed by atoms with Gasteiger partial charge in [0.15, 0.2) is 0 Å². The second kappa shape index (κ2) is 9.02. The first-order chi connectivity index (χ1) is 14.4. The molecule has 2 heterocycles. The molecule has 0 radical (unpaired) electrons. The third-order valence-corrected chi connectivity index (χ3v) is 5.30. The van der Waals surface area contributed by atoms with Crippen molar-refractivity contribution in [2.24, 2.45) is 12.1 Å². The Morgan fingerprint density at radius 2 is 2.00 bits per heavy atom. The molecule has 3 rings (SSSR count). The molecule has 1 aromatic carbocycles. The lowest BCUT2D eigenvalue weighted by Crippen LogP contribution is -2.39. The van der Waals surface area contributed by atoms with E-state index < -0.39 is 0 Å². The molecule has 0 fully saturated rings. The molecule has 0 unspecified atom stereocenters. The first-order valence-corrected chi connectivity index (χ1v) is 9.86. The van der Waals surface area contributed by atoms with Crippen molar-refractivity contribution in [2.75, 3.05) is 27.8 Å². The molecule has 160 valence electrons. The molecule has 1 aromatic heterocycles. The number of rotatable bonds is 7. The number of aryl methyl sites for hydroxylation is 1. The number of methoxy groups -OCH3 is 2. The average molecular weight is 412 g/mol. The molecular weight excluding hydrogens is 384 g/mol. The van der Waals surface area contributed by atoms with E-state index in [0.717, 1.165) is 17.0 Å². The summed E-state index contributed by atoms with van der Waals surface area (Å²) in [4.78, 5) is 26.6. The number of ether oxygens (including phenoxy) is 2. The zero-order valence-electron chi connectivity index (χ0n) is 18.1. The van der Waals surface area contributed by atoms with Gasteiger partial charge in [-0.15, -0.1) is 0 Å². The molecule has 0 aliphatic carbocycles. The molecule has 2 aromatic rings. The summed E-state index contributed by atoms with van der Waals surface area (Å²) in [6.45, 7) is 1.73. The van der Waals surface area contributed by atoms with Crippen LogP contribution in [-0.4, -0.2) is 59.8 Å². The lowest BCUT2D eigenvalue weighted by atomic mass is 9.99. The molecule has 0 spiro atoms. The fourth-order valence-electron chi connectivity index (χ4n) is 3.63. The number of aromatic nitrogens is 1.